The number of hydrogen-bond acceptors (Lipinski definition) is 6. The normalized spacial score (nSPS) is 10.4. The van der Waals surface area contributed by atoms with E-state index in [1.807, 2.05) is 0 Å². The third-order valence-corrected chi connectivity index (χ3v) is 2.52. The third-order valence-electron chi connectivity index (χ3n) is 2.52. The summed E-state index contributed by atoms with van der Waals surface area (Å²) >= 11 is 0. The summed E-state index contributed by atoms with van der Waals surface area (Å²) in [6, 6.07) is 1.49. The molecular formula is C10H11N5O4. The zero-order valence-corrected chi connectivity index (χ0v) is 10.3. The Balaban J connectivity index is 2.13. The number of carbonyl (C=O) groups is 1. The summed E-state index contributed by atoms with van der Waals surface area (Å²) in [7, 11) is 0. The van der Waals surface area contributed by atoms with E-state index >= 15 is 0 Å². The molecule has 0 aliphatic rings. The topological polar surface area (TPSA) is 116 Å². The van der Waals surface area contributed by atoms with E-state index in [9.17, 15) is 14.9 Å². The van der Waals surface area contributed by atoms with Gasteiger partial charge in [-0.1, -0.05) is 5.16 Å². The number of rotatable bonds is 4. The molecule has 2 aromatic heterocycles. The average Bonchev–Trinajstić information content (AvgIpc) is 2.88. The van der Waals surface area contributed by atoms with Gasteiger partial charge in [-0.3, -0.25) is 19.6 Å². The molecule has 9 nitrogen and oxygen atoms in total. The Morgan fingerprint density at radius 2 is 2.32 bits per heavy atom. The van der Waals surface area contributed by atoms with E-state index in [1.165, 1.54) is 23.9 Å². The van der Waals surface area contributed by atoms with Gasteiger partial charge in [0, 0.05) is 6.07 Å². The van der Waals surface area contributed by atoms with Crippen LogP contribution in [0.15, 0.2) is 16.9 Å². The summed E-state index contributed by atoms with van der Waals surface area (Å²) in [5, 5.41) is 20.8. The molecule has 0 unspecified atom stereocenters. The second-order valence-electron chi connectivity index (χ2n) is 3.87. The van der Waals surface area contributed by atoms with Gasteiger partial charge in [0.1, 0.15) is 24.2 Å². The number of amides is 1. The summed E-state index contributed by atoms with van der Waals surface area (Å²) in [6.07, 6.45) is 1.32. The standard InChI is InChI=1S/C10H11N5O4/c1-6-10(15(17)18)7(2)14(12-6)5-9(16)11-8-3-4-19-13-8/h3-4H,5H2,1-2H3,(H,11,13,16). The average molecular weight is 265 g/mol. The van der Waals surface area contributed by atoms with Crippen LogP contribution in [0.5, 0.6) is 0 Å². The van der Waals surface area contributed by atoms with Crippen molar-refractivity contribution in [2.24, 2.45) is 0 Å². The molecule has 0 bridgehead atoms. The highest BCUT2D eigenvalue weighted by Gasteiger charge is 2.22. The van der Waals surface area contributed by atoms with Crippen molar-refractivity contribution < 1.29 is 14.2 Å². The first-order chi connectivity index (χ1) is 8.99. The number of nitrogens with zero attached hydrogens (tertiary/aromatic N) is 4. The van der Waals surface area contributed by atoms with E-state index in [4.69, 9.17) is 0 Å². The first-order valence-corrected chi connectivity index (χ1v) is 5.37. The molecule has 0 saturated heterocycles. The fourth-order valence-electron chi connectivity index (χ4n) is 1.70. The fourth-order valence-corrected chi connectivity index (χ4v) is 1.70. The summed E-state index contributed by atoms with van der Waals surface area (Å²) in [5.74, 6) is -0.115. The van der Waals surface area contributed by atoms with E-state index < -0.39 is 10.8 Å². The predicted octanol–water partition coefficient (Wildman–Crippen LogP) is 1.03. The lowest BCUT2D eigenvalue weighted by Gasteiger charge is -2.03. The van der Waals surface area contributed by atoms with Gasteiger partial charge in [-0.05, 0) is 13.8 Å². The number of carbonyl (C=O) groups excluding carboxylic acids is 1. The third kappa shape index (κ3) is 2.59. The molecule has 2 heterocycles. The molecule has 1 amide bonds. The van der Waals surface area contributed by atoms with Crippen LogP contribution in [0.2, 0.25) is 0 Å². The van der Waals surface area contributed by atoms with Crippen molar-refractivity contribution in [3.8, 4) is 0 Å². The maximum absolute atomic E-state index is 11.7. The molecule has 0 saturated carbocycles. The van der Waals surface area contributed by atoms with Crippen LogP contribution in [0.25, 0.3) is 0 Å². The number of aromatic nitrogens is 3. The molecule has 0 fully saturated rings. The lowest BCUT2D eigenvalue weighted by atomic mass is 10.3. The Bertz CT molecular complexity index is 616. The molecule has 0 aliphatic heterocycles. The van der Waals surface area contributed by atoms with Gasteiger partial charge >= 0.3 is 5.69 Å². The van der Waals surface area contributed by atoms with Crippen molar-refractivity contribution >= 4 is 17.4 Å². The van der Waals surface area contributed by atoms with E-state index in [0.29, 0.717) is 5.69 Å². The second kappa shape index (κ2) is 4.88. The first kappa shape index (κ1) is 12.7. The second-order valence-corrected chi connectivity index (χ2v) is 3.87. The van der Waals surface area contributed by atoms with Crippen LogP contribution in [0.1, 0.15) is 11.4 Å². The zero-order valence-electron chi connectivity index (χ0n) is 10.3. The molecule has 19 heavy (non-hydrogen) atoms. The number of hydrogen-bond donors (Lipinski definition) is 1. The van der Waals surface area contributed by atoms with Crippen molar-refractivity contribution in [1.29, 1.82) is 0 Å². The van der Waals surface area contributed by atoms with Crippen LogP contribution in [-0.4, -0.2) is 25.8 Å². The van der Waals surface area contributed by atoms with Gasteiger partial charge in [0.25, 0.3) is 0 Å². The van der Waals surface area contributed by atoms with Gasteiger partial charge < -0.3 is 9.84 Å². The zero-order chi connectivity index (χ0) is 14.0. The summed E-state index contributed by atoms with van der Waals surface area (Å²) in [5.41, 5.74) is 0.531. The van der Waals surface area contributed by atoms with Crippen LogP contribution < -0.4 is 5.32 Å². The lowest BCUT2D eigenvalue weighted by molar-refractivity contribution is -0.386. The Hall–Kier alpha value is -2.71. The summed E-state index contributed by atoms with van der Waals surface area (Å²) < 4.78 is 5.85. The molecule has 100 valence electrons. The highest BCUT2D eigenvalue weighted by atomic mass is 16.6. The highest BCUT2D eigenvalue weighted by molar-refractivity contribution is 5.89. The highest BCUT2D eigenvalue weighted by Crippen LogP contribution is 2.21. The van der Waals surface area contributed by atoms with Gasteiger partial charge in [0.15, 0.2) is 5.82 Å². The maximum Gasteiger partial charge on any atom is 0.312 e. The Morgan fingerprint density at radius 1 is 1.58 bits per heavy atom. The minimum atomic E-state index is -0.510. The molecule has 0 spiro atoms. The number of nitro groups is 1. The van der Waals surface area contributed by atoms with E-state index in [1.54, 1.807) is 6.92 Å². The van der Waals surface area contributed by atoms with Crippen molar-refractivity contribution in [2.75, 3.05) is 5.32 Å². The molecule has 2 aromatic rings. The Morgan fingerprint density at radius 3 is 2.84 bits per heavy atom. The number of nitrogens with one attached hydrogen (secondary N) is 1. The van der Waals surface area contributed by atoms with Gasteiger partial charge in [0.05, 0.1) is 4.92 Å². The Labute approximate surface area is 107 Å². The molecule has 0 aromatic carbocycles. The van der Waals surface area contributed by atoms with Crippen molar-refractivity contribution in [2.45, 2.75) is 20.4 Å². The monoisotopic (exact) mass is 265 g/mol. The van der Waals surface area contributed by atoms with Crippen molar-refractivity contribution in [3.63, 3.8) is 0 Å². The Kier molecular flexibility index (Phi) is 3.27. The van der Waals surface area contributed by atoms with Crippen LogP contribution >= 0.6 is 0 Å². The number of anilines is 1. The first-order valence-electron chi connectivity index (χ1n) is 5.37. The molecule has 1 N–H and O–H groups in total. The molecule has 0 atom stereocenters. The largest absolute Gasteiger partial charge is 0.363 e. The van der Waals surface area contributed by atoms with Gasteiger partial charge in [-0.25, -0.2) is 0 Å². The van der Waals surface area contributed by atoms with Crippen LogP contribution in [0.4, 0.5) is 11.5 Å². The SMILES string of the molecule is Cc1nn(CC(=O)Nc2ccon2)c(C)c1[N+](=O)[O-]. The van der Waals surface area contributed by atoms with E-state index in [-0.39, 0.29) is 23.7 Å². The van der Waals surface area contributed by atoms with Crippen molar-refractivity contribution in [1.82, 2.24) is 14.9 Å². The fraction of sp³-hybridized carbons (Fsp3) is 0.300. The minimum Gasteiger partial charge on any atom is -0.363 e. The maximum atomic E-state index is 11.7. The van der Waals surface area contributed by atoms with Crippen LogP contribution in [0, 0.1) is 24.0 Å². The molecule has 2 rings (SSSR count). The van der Waals surface area contributed by atoms with E-state index in [2.05, 4.69) is 20.1 Å². The molecule has 9 heteroatoms. The van der Waals surface area contributed by atoms with Gasteiger partial charge in [-0.15, -0.1) is 0 Å². The quantitative estimate of drug-likeness (QED) is 0.652. The van der Waals surface area contributed by atoms with Gasteiger partial charge in [0.2, 0.25) is 5.91 Å². The summed E-state index contributed by atoms with van der Waals surface area (Å²) in [6.45, 7) is 2.94. The molecule has 0 aliphatic carbocycles. The van der Waals surface area contributed by atoms with Crippen molar-refractivity contribution in [3.05, 3.63) is 33.8 Å². The smallest absolute Gasteiger partial charge is 0.312 e. The number of aryl methyl sites for hydroxylation is 1. The van der Waals surface area contributed by atoms with Crippen LogP contribution in [-0.2, 0) is 11.3 Å². The lowest BCUT2D eigenvalue weighted by Crippen LogP contribution is -2.20. The summed E-state index contributed by atoms with van der Waals surface area (Å²) in [4.78, 5) is 22.0. The molecular weight excluding hydrogens is 254 g/mol. The van der Waals surface area contributed by atoms with Gasteiger partial charge in [-0.2, -0.15) is 5.10 Å². The predicted molar refractivity (Wildman–Crippen MR) is 63.5 cm³/mol. The van der Waals surface area contributed by atoms with E-state index in [0.717, 1.165) is 0 Å². The van der Waals surface area contributed by atoms with Crippen LogP contribution in [0.3, 0.4) is 0 Å². The minimum absolute atomic E-state index is 0.0748. The molecule has 0 radical (unpaired) electrons.